The van der Waals surface area contributed by atoms with E-state index in [0.29, 0.717) is 5.75 Å². The van der Waals surface area contributed by atoms with Crippen molar-refractivity contribution >= 4 is 23.4 Å². The molecule has 1 atom stereocenters. The molecule has 2 aromatic carbocycles. The van der Waals surface area contributed by atoms with Crippen molar-refractivity contribution in [2.75, 3.05) is 0 Å². The molecular weight excluding hydrogens is 283 g/mol. The zero-order chi connectivity index (χ0) is 13.8. The molecule has 0 aliphatic carbocycles. The molecule has 0 amide bonds. The Morgan fingerprint density at radius 1 is 1.26 bits per heavy atom. The highest BCUT2D eigenvalue weighted by Gasteiger charge is 2.07. The molecule has 0 spiro atoms. The Balaban J connectivity index is 2.10. The van der Waals surface area contributed by atoms with Gasteiger partial charge in [-0.15, -0.1) is 11.8 Å². The molecule has 0 saturated heterocycles. The van der Waals surface area contributed by atoms with Crippen LogP contribution in [0.1, 0.15) is 24.2 Å². The van der Waals surface area contributed by atoms with E-state index in [0.717, 1.165) is 16.0 Å². The second kappa shape index (κ2) is 6.42. The first kappa shape index (κ1) is 14.4. The van der Waals surface area contributed by atoms with Crippen LogP contribution in [-0.2, 0) is 5.75 Å². The lowest BCUT2D eigenvalue weighted by molar-refractivity contribution is 0.199. The van der Waals surface area contributed by atoms with Gasteiger partial charge in [0, 0.05) is 10.6 Å². The van der Waals surface area contributed by atoms with Crippen LogP contribution in [-0.4, -0.2) is 5.11 Å². The molecule has 0 aliphatic heterocycles. The summed E-state index contributed by atoms with van der Waals surface area (Å²) in [6.45, 7) is 1.73. The smallest absolute Gasteiger partial charge is 0.142 e. The molecule has 0 fully saturated rings. The van der Waals surface area contributed by atoms with Crippen LogP contribution < -0.4 is 0 Å². The summed E-state index contributed by atoms with van der Waals surface area (Å²) in [5, 5.41) is 9.72. The predicted octanol–water partition coefficient (Wildman–Crippen LogP) is 4.82. The molecule has 1 N–H and O–H groups in total. The Morgan fingerprint density at radius 3 is 2.74 bits per heavy atom. The second-order valence-corrected chi connectivity index (χ2v) is 5.68. The monoisotopic (exact) mass is 296 g/mol. The lowest BCUT2D eigenvalue weighted by Gasteiger charge is -2.08. The number of benzene rings is 2. The highest BCUT2D eigenvalue weighted by molar-refractivity contribution is 7.98. The maximum Gasteiger partial charge on any atom is 0.142 e. The van der Waals surface area contributed by atoms with Crippen molar-refractivity contribution in [3.8, 4) is 0 Å². The van der Waals surface area contributed by atoms with E-state index in [1.54, 1.807) is 24.8 Å². The summed E-state index contributed by atoms with van der Waals surface area (Å²) in [6, 6.07) is 12.5. The number of aliphatic hydroxyl groups is 1. The first-order chi connectivity index (χ1) is 9.08. The van der Waals surface area contributed by atoms with Gasteiger partial charge in [0.1, 0.15) is 5.82 Å². The van der Waals surface area contributed by atoms with E-state index in [2.05, 4.69) is 0 Å². The molecular formula is C15H14ClFOS. The van der Waals surface area contributed by atoms with Crippen LogP contribution in [0.25, 0.3) is 0 Å². The second-order valence-electron chi connectivity index (χ2n) is 4.25. The Kier molecular flexibility index (Phi) is 4.86. The Bertz CT molecular complexity index is 572. The minimum Gasteiger partial charge on any atom is -0.389 e. The fraction of sp³-hybridized carbons (Fsp3) is 0.200. The lowest BCUT2D eigenvalue weighted by Crippen LogP contribution is -1.91. The Hall–Kier alpha value is -1.03. The van der Waals surface area contributed by atoms with E-state index in [1.165, 1.54) is 6.07 Å². The van der Waals surface area contributed by atoms with E-state index in [9.17, 15) is 9.50 Å². The van der Waals surface area contributed by atoms with Gasteiger partial charge in [0.15, 0.2) is 0 Å². The molecule has 0 saturated carbocycles. The quantitative estimate of drug-likeness (QED) is 0.816. The molecule has 100 valence electrons. The molecule has 0 aliphatic rings. The zero-order valence-corrected chi connectivity index (χ0v) is 12.0. The third kappa shape index (κ3) is 3.72. The van der Waals surface area contributed by atoms with Gasteiger partial charge in [0.2, 0.25) is 0 Å². The Labute approximate surface area is 121 Å². The number of halogens is 2. The van der Waals surface area contributed by atoms with Gasteiger partial charge in [-0.2, -0.15) is 0 Å². The number of thioether (sulfide) groups is 1. The van der Waals surface area contributed by atoms with Crippen LogP contribution in [0.5, 0.6) is 0 Å². The van der Waals surface area contributed by atoms with Crippen LogP contribution in [0.3, 0.4) is 0 Å². The van der Waals surface area contributed by atoms with Gasteiger partial charge in [-0.3, -0.25) is 0 Å². The van der Waals surface area contributed by atoms with Crippen molar-refractivity contribution in [1.29, 1.82) is 0 Å². The van der Waals surface area contributed by atoms with Crippen LogP contribution in [0.15, 0.2) is 47.4 Å². The van der Waals surface area contributed by atoms with Crippen molar-refractivity contribution < 1.29 is 9.50 Å². The minimum absolute atomic E-state index is 0.182. The SMILES string of the molecule is CC(O)c1cccc(SCc2cccc(F)c2Cl)c1. The van der Waals surface area contributed by atoms with Crippen LogP contribution in [0, 0.1) is 5.82 Å². The molecule has 0 aromatic heterocycles. The normalized spacial score (nSPS) is 12.4. The largest absolute Gasteiger partial charge is 0.389 e. The van der Waals surface area contributed by atoms with Gasteiger partial charge in [-0.25, -0.2) is 4.39 Å². The number of hydrogen-bond acceptors (Lipinski definition) is 2. The summed E-state index contributed by atoms with van der Waals surface area (Å²) in [5.74, 6) is 0.206. The summed E-state index contributed by atoms with van der Waals surface area (Å²) in [7, 11) is 0. The summed E-state index contributed by atoms with van der Waals surface area (Å²) in [4.78, 5) is 1.03. The molecule has 19 heavy (non-hydrogen) atoms. The van der Waals surface area contributed by atoms with Crippen molar-refractivity contribution in [3.05, 3.63) is 64.4 Å². The third-order valence-corrected chi connectivity index (χ3v) is 4.23. The zero-order valence-electron chi connectivity index (χ0n) is 10.4. The maximum atomic E-state index is 13.3. The maximum absolute atomic E-state index is 13.3. The standard InChI is InChI=1S/C15H14ClFOS/c1-10(18)11-4-2-6-13(8-11)19-9-12-5-3-7-14(17)15(12)16/h2-8,10,18H,9H2,1H3. The van der Waals surface area contributed by atoms with Gasteiger partial charge >= 0.3 is 0 Å². The summed E-state index contributed by atoms with van der Waals surface area (Å²) < 4.78 is 13.3. The minimum atomic E-state index is -0.488. The van der Waals surface area contributed by atoms with Gasteiger partial charge in [0.25, 0.3) is 0 Å². The van der Waals surface area contributed by atoms with Gasteiger partial charge in [0.05, 0.1) is 11.1 Å². The fourth-order valence-corrected chi connectivity index (χ4v) is 2.91. The number of aliphatic hydroxyl groups excluding tert-OH is 1. The van der Waals surface area contributed by atoms with Crippen molar-refractivity contribution in [2.45, 2.75) is 23.7 Å². The molecule has 1 unspecified atom stereocenters. The van der Waals surface area contributed by atoms with E-state index in [1.807, 2.05) is 30.3 Å². The third-order valence-electron chi connectivity index (χ3n) is 2.77. The summed E-state index contributed by atoms with van der Waals surface area (Å²) in [5.41, 5.74) is 1.64. The van der Waals surface area contributed by atoms with E-state index in [4.69, 9.17) is 11.6 Å². The lowest BCUT2D eigenvalue weighted by atomic mass is 10.1. The molecule has 0 radical (unpaired) electrons. The van der Waals surface area contributed by atoms with E-state index in [-0.39, 0.29) is 5.02 Å². The highest BCUT2D eigenvalue weighted by Crippen LogP contribution is 2.29. The topological polar surface area (TPSA) is 20.2 Å². The Morgan fingerprint density at radius 2 is 2.00 bits per heavy atom. The van der Waals surface area contributed by atoms with Gasteiger partial charge in [-0.1, -0.05) is 35.9 Å². The van der Waals surface area contributed by atoms with E-state index < -0.39 is 11.9 Å². The molecule has 2 rings (SSSR count). The number of hydrogen-bond donors (Lipinski definition) is 1. The van der Waals surface area contributed by atoms with Crippen molar-refractivity contribution in [3.63, 3.8) is 0 Å². The van der Waals surface area contributed by atoms with Gasteiger partial charge < -0.3 is 5.11 Å². The predicted molar refractivity (Wildman–Crippen MR) is 78.0 cm³/mol. The average molecular weight is 297 g/mol. The first-order valence-corrected chi connectivity index (χ1v) is 7.28. The molecule has 0 heterocycles. The van der Waals surface area contributed by atoms with Crippen LogP contribution in [0.2, 0.25) is 5.02 Å². The van der Waals surface area contributed by atoms with Crippen molar-refractivity contribution in [2.24, 2.45) is 0 Å². The van der Waals surface area contributed by atoms with Gasteiger partial charge in [-0.05, 0) is 36.2 Å². The number of rotatable bonds is 4. The molecule has 0 bridgehead atoms. The average Bonchev–Trinajstić information content (AvgIpc) is 2.41. The fourth-order valence-electron chi connectivity index (χ4n) is 1.69. The van der Waals surface area contributed by atoms with Crippen molar-refractivity contribution in [1.82, 2.24) is 0 Å². The molecule has 1 nitrogen and oxygen atoms in total. The summed E-state index contributed by atoms with van der Waals surface area (Å²) >= 11 is 7.48. The van der Waals surface area contributed by atoms with E-state index >= 15 is 0 Å². The van der Waals surface area contributed by atoms with Crippen LogP contribution in [0.4, 0.5) is 4.39 Å². The summed E-state index contributed by atoms with van der Waals surface area (Å²) in [6.07, 6.45) is -0.488. The first-order valence-electron chi connectivity index (χ1n) is 5.91. The highest BCUT2D eigenvalue weighted by atomic mass is 35.5. The molecule has 4 heteroatoms. The van der Waals surface area contributed by atoms with Crippen LogP contribution >= 0.6 is 23.4 Å². The molecule has 2 aromatic rings.